The highest BCUT2D eigenvalue weighted by atomic mass is 32.2. The molecule has 0 radical (unpaired) electrons. The Morgan fingerprint density at radius 1 is 1.19 bits per heavy atom. The lowest BCUT2D eigenvalue weighted by molar-refractivity contribution is -0.153. The van der Waals surface area contributed by atoms with Crippen molar-refractivity contribution in [3.8, 4) is 5.75 Å². The van der Waals surface area contributed by atoms with Gasteiger partial charge in [-0.2, -0.15) is 13.2 Å². The Labute approximate surface area is 179 Å². The minimum atomic E-state index is -4.65. The molecule has 31 heavy (non-hydrogen) atoms. The molecule has 2 atom stereocenters. The van der Waals surface area contributed by atoms with Crippen molar-refractivity contribution < 1.29 is 31.1 Å². The first kappa shape index (κ1) is 23.3. The fraction of sp³-hybridized carbons (Fsp3) is 0.409. The van der Waals surface area contributed by atoms with E-state index in [1.54, 1.807) is 31.2 Å². The van der Waals surface area contributed by atoms with E-state index in [2.05, 4.69) is 5.32 Å². The normalized spacial score (nSPS) is 22.9. The van der Waals surface area contributed by atoms with Gasteiger partial charge in [0.15, 0.2) is 9.84 Å². The van der Waals surface area contributed by atoms with Crippen molar-refractivity contribution in [1.29, 1.82) is 0 Å². The number of ketones is 1. The van der Waals surface area contributed by atoms with Gasteiger partial charge in [0.05, 0.1) is 23.8 Å². The smallest absolute Gasteiger partial charge is 0.395 e. The maximum Gasteiger partial charge on any atom is 0.395 e. The van der Waals surface area contributed by atoms with Gasteiger partial charge in [-0.25, -0.2) is 8.42 Å². The third-order valence-electron chi connectivity index (χ3n) is 5.53. The summed E-state index contributed by atoms with van der Waals surface area (Å²) in [7, 11) is -2.52. The Bertz CT molecular complexity index is 1050. The van der Waals surface area contributed by atoms with Crippen molar-refractivity contribution in [1.82, 2.24) is 5.32 Å². The molecule has 1 N–H and O–H groups in total. The van der Waals surface area contributed by atoms with Gasteiger partial charge in [0, 0.05) is 12.0 Å². The summed E-state index contributed by atoms with van der Waals surface area (Å²) in [6.45, 7) is 1.67. The first-order chi connectivity index (χ1) is 14.5. The Balaban J connectivity index is 2.14. The number of halogens is 3. The quantitative estimate of drug-likeness (QED) is 0.706. The lowest BCUT2D eigenvalue weighted by Crippen LogP contribution is -2.51. The van der Waals surface area contributed by atoms with Gasteiger partial charge in [-0.3, -0.25) is 10.1 Å². The molecule has 0 fully saturated rings. The molecular weight excluding hydrogens is 431 g/mol. The highest BCUT2D eigenvalue weighted by molar-refractivity contribution is 7.91. The van der Waals surface area contributed by atoms with Gasteiger partial charge in [0.25, 0.3) is 0 Å². The largest absolute Gasteiger partial charge is 0.497 e. The standard InChI is InChI=1S/C22H24F3NO4S/c1-3-21(12-16(27)13-22(23,24)25)14-31(28,29)19-11-17(30-2)9-10-18(19)20(26-21)15-7-5-4-6-8-15/h4-11,20,26H,3,12-14H2,1-2H3/t20-,21-/m0/s1. The van der Waals surface area contributed by atoms with E-state index in [0.29, 0.717) is 11.3 Å². The van der Waals surface area contributed by atoms with Crippen LogP contribution in [-0.4, -0.2) is 38.8 Å². The van der Waals surface area contributed by atoms with Crippen molar-refractivity contribution in [2.45, 2.75) is 48.8 Å². The SMILES string of the molecule is CC[C@]1(CC(=O)CC(F)(F)F)CS(=O)(=O)c2cc(OC)ccc2[C@H](c2ccccc2)N1. The predicted octanol–water partition coefficient (Wildman–Crippen LogP) is 4.22. The van der Waals surface area contributed by atoms with E-state index in [9.17, 15) is 26.4 Å². The molecule has 2 aromatic rings. The van der Waals surface area contributed by atoms with Gasteiger partial charge in [-0.05, 0) is 29.7 Å². The molecule has 0 unspecified atom stereocenters. The number of sulfone groups is 1. The molecule has 1 aliphatic heterocycles. The minimum Gasteiger partial charge on any atom is -0.497 e. The number of methoxy groups -OCH3 is 1. The summed E-state index contributed by atoms with van der Waals surface area (Å²) in [6, 6.07) is 13.1. The summed E-state index contributed by atoms with van der Waals surface area (Å²) in [6.07, 6.45) is -6.63. The number of carbonyl (C=O) groups excluding carboxylic acids is 1. The van der Waals surface area contributed by atoms with E-state index in [1.165, 1.54) is 13.2 Å². The van der Waals surface area contributed by atoms with E-state index < -0.39 is 52.0 Å². The molecular formula is C22H24F3NO4S. The summed E-state index contributed by atoms with van der Waals surface area (Å²) in [4.78, 5) is 12.3. The van der Waals surface area contributed by atoms with Crippen molar-refractivity contribution in [3.05, 3.63) is 59.7 Å². The molecule has 0 aliphatic carbocycles. The maximum atomic E-state index is 13.4. The molecule has 1 aliphatic rings. The number of rotatable bonds is 6. The lowest BCUT2D eigenvalue weighted by atomic mass is 9.87. The van der Waals surface area contributed by atoms with Crippen LogP contribution >= 0.6 is 0 Å². The molecule has 3 rings (SSSR count). The van der Waals surface area contributed by atoms with E-state index in [1.807, 2.05) is 18.2 Å². The fourth-order valence-electron chi connectivity index (χ4n) is 4.02. The topological polar surface area (TPSA) is 72.5 Å². The Hall–Kier alpha value is -2.39. The molecule has 0 spiro atoms. The molecule has 2 aromatic carbocycles. The van der Waals surface area contributed by atoms with Crippen LogP contribution in [0.25, 0.3) is 0 Å². The van der Waals surface area contributed by atoms with Crippen LogP contribution in [-0.2, 0) is 14.6 Å². The monoisotopic (exact) mass is 455 g/mol. The number of carbonyl (C=O) groups is 1. The predicted molar refractivity (Wildman–Crippen MR) is 110 cm³/mol. The average molecular weight is 455 g/mol. The van der Waals surface area contributed by atoms with E-state index in [0.717, 1.165) is 5.56 Å². The number of hydrogen-bond acceptors (Lipinski definition) is 5. The van der Waals surface area contributed by atoms with E-state index >= 15 is 0 Å². The van der Waals surface area contributed by atoms with Crippen LogP contribution in [0.15, 0.2) is 53.4 Å². The Morgan fingerprint density at radius 2 is 1.87 bits per heavy atom. The van der Waals surface area contributed by atoms with Crippen LogP contribution in [0, 0.1) is 0 Å². The van der Waals surface area contributed by atoms with Gasteiger partial charge < -0.3 is 4.74 Å². The third-order valence-corrected chi connectivity index (χ3v) is 7.48. The second kappa shape index (κ2) is 8.63. The molecule has 0 aromatic heterocycles. The average Bonchev–Trinajstić information content (AvgIpc) is 2.79. The van der Waals surface area contributed by atoms with Crippen molar-refractivity contribution in [2.24, 2.45) is 0 Å². The highest BCUT2D eigenvalue weighted by Crippen LogP contribution is 2.39. The molecule has 0 saturated carbocycles. The van der Waals surface area contributed by atoms with Crippen LogP contribution in [0.5, 0.6) is 5.75 Å². The van der Waals surface area contributed by atoms with Crippen LogP contribution in [0.1, 0.15) is 43.4 Å². The minimum absolute atomic E-state index is 0.0480. The zero-order valence-electron chi connectivity index (χ0n) is 17.2. The van der Waals surface area contributed by atoms with Gasteiger partial charge in [-0.15, -0.1) is 0 Å². The first-order valence-corrected chi connectivity index (χ1v) is 11.5. The van der Waals surface area contributed by atoms with Crippen LogP contribution in [0.2, 0.25) is 0 Å². The molecule has 1 heterocycles. The number of benzene rings is 2. The number of fused-ring (bicyclic) bond motifs is 1. The maximum absolute atomic E-state index is 13.4. The molecule has 0 amide bonds. The Morgan fingerprint density at radius 3 is 2.45 bits per heavy atom. The first-order valence-electron chi connectivity index (χ1n) is 9.80. The van der Waals surface area contributed by atoms with Crippen LogP contribution in [0.3, 0.4) is 0 Å². The number of ether oxygens (including phenoxy) is 1. The van der Waals surface area contributed by atoms with Crippen molar-refractivity contribution in [3.63, 3.8) is 0 Å². The third kappa shape index (κ3) is 5.27. The zero-order valence-corrected chi connectivity index (χ0v) is 18.0. The van der Waals surface area contributed by atoms with Gasteiger partial charge in [-0.1, -0.05) is 43.3 Å². The molecule has 9 heteroatoms. The van der Waals surface area contributed by atoms with Crippen LogP contribution < -0.4 is 10.1 Å². The summed E-state index contributed by atoms with van der Waals surface area (Å²) in [5, 5.41) is 3.25. The number of alkyl halides is 3. The molecule has 168 valence electrons. The number of nitrogens with one attached hydrogen (secondary N) is 1. The van der Waals surface area contributed by atoms with E-state index in [4.69, 9.17) is 4.74 Å². The summed E-state index contributed by atoms with van der Waals surface area (Å²) < 4.78 is 70.3. The summed E-state index contributed by atoms with van der Waals surface area (Å²) in [5.74, 6) is -1.19. The number of hydrogen-bond donors (Lipinski definition) is 1. The van der Waals surface area contributed by atoms with Gasteiger partial charge >= 0.3 is 6.18 Å². The van der Waals surface area contributed by atoms with Gasteiger partial charge in [0.2, 0.25) is 0 Å². The van der Waals surface area contributed by atoms with Crippen LogP contribution in [0.4, 0.5) is 13.2 Å². The van der Waals surface area contributed by atoms with E-state index in [-0.39, 0.29) is 11.3 Å². The zero-order chi connectivity index (χ0) is 22.9. The fourth-order valence-corrected chi connectivity index (χ4v) is 6.13. The Kier molecular flexibility index (Phi) is 6.48. The number of Topliss-reactive ketones (excluding diaryl/α,β-unsaturated/α-hetero) is 1. The van der Waals surface area contributed by atoms with Crippen molar-refractivity contribution in [2.75, 3.05) is 12.9 Å². The lowest BCUT2D eigenvalue weighted by Gasteiger charge is -2.35. The van der Waals surface area contributed by atoms with Crippen molar-refractivity contribution >= 4 is 15.6 Å². The van der Waals surface area contributed by atoms with Gasteiger partial charge in [0.1, 0.15) is 18.0 Å². The summed E-state index contributed by atoms with van der Waals surface area (Å²) >= 11 is 0. The summed E-state index contributed by atoms with van der Waals surface area (Å²) in [5.41, 5.74) is -0.147. The second-order valence-electron chi connectivity index (χ2n) is 7.79. The molecule has 0 saturated heterocycles. The molecule has 0 bridgehead atoms. The molecule has 5 nitrogen and oxygen atoms in total. The second-order valence-corrected chi connectivity index (χ2v) is 9.75. The highest BCUT2D eigenvalue weighted by Gasteiger charge is 2.44.